The fourth-order valence-corrected chi connectivity index (χ4v) is 3.48. The van der Waals surface area contributed by atoms with Crippen LogP contribution in [0.25, 0.3) is 0 Å². The molecule has 4 rings (SSSR count). The van der Waals surface area contributed by atoms with Crippen LogP contribution in [0.3, 0.4) is 0 Å². The van der Waals surface area contributed by atoms with Crippen LogP contribution in [0.5, 0.6) is 0 Å². The van der Waals surface area contributed by atoms with Gasteiger partial charge in [-0.3, -0.25) is 14.8 Å². The number of aromatic nitrogens is 2. The molecule has 2 aliphatic heterocycles. The molecule has 2 saturated heterocycles. The minimum Gasteiger partial charge on any atom is -0.373 e. The maximum absolute atomic E-state index is 12.5. The third-order valence-corrected chi connectivity index (χ3v) is 4.66. The number of rotatable bonds is 3. The monoisotopic (exact) mass is 312 g/mol. The van der Waals surface area contributed by atoms with Gasteiger partial charge in [-0.2, -0.15) is 5.10 Å². The van der Waals surface area contributed by atoms with Crippen LogP contribution in [0.4, 0.5) is 0 Å². The Hall–Kier alpha value is -2.18. The van der Waals surface area contributed by atoms with Gasteiger partial charge in [0, 0.05) is 32.4 Å². The Balaban J connectivity index is 1.47. The quantitative estimate of drug-likeness (QED) is 0.923. The molecule has 0 radical (unpaired) electrons. The average Bonchev–Trinajstić information content (AvgIpc) is 3.25. The van der Waals surface area contributed by atoms with Gasteiger partial charge in [0.05, 0.1) is 18.8 Å². The highest BCUT2D eigenvalue weighted by atomic mass is 16.5. The number of carbonyl (C=O) groups is 1. The molecule has 1 aromatic carbocycles. The molecule has 2 atom stereocenters. The number of benzene rings is 1. The van der Waals surface area contributed by atoms with Crippen molar-refractivity contribution in [2.45, 2.75) is 18.7 Å². The zero-order valence-electron chi connectivity index (χ0n) is 12.9. The number of nitrogens with zero attached hydrogens (tertiary/aromatic N) is 3. The maximum Gasteiger partial charge on any atom is 0.272 e. The molecular weight excluding hydrogens is 292 g/mol. The largest absolute Gasteiger partial charge is 0.373 e. The molecule has 0 unspecified atom stereocenters. The zero-order chi connectivity index (χ0) is 15.6. The van der Waals surface area contributed by atoms with E-state index < -0.39 is 0 Å². The molecule has 0 aliphatic carbocycles. The Morgan fingerprint density at radius 1 is 1.26 bits per heavy atom. The second kappa shape index (κ2) is 6.14. The van der Waals surface area contributed by atoms with Crippen molar-refractivity contribution in [1.29, 1.82) is 0 Å². The molecule has 2 aliphatic rings. The molecule has 3 heterocycles. The molecule has 0 spiro atoms. The minimum absolute atomic E-state index is 0.000149. The van der Waals surface area contributed by atoms with Crippen molar-refractivity contribution < 1.29 is 9.53 Å². The predicted molar refractivity (Wildman–Crippen MR) is 84.9 cm³/mol. The molecule has 0 saturated carbocycles. The van der Waals surface area contributed by atoms with Gasteiger partial charge in [0.15, 0.2) is 0 Å². The fraction of sp³-hybridized carbons (Fsp3) is 0.412. The normalized spacial score (nSPS) is 24.6. The van der Waals surface area contributed by atoms with E-state index in [1.54, 1.807) is 12.3 Å². The second-order valence-electron chi connectivity index (χ2n) is 6.11. The number of carbonyl (C=O) groups excluding carboxylic acids is 1. The third kappa shape index (κ3) is 2.87. The van der Waals surface area contributed by atoms with Gasteiger partial charge in [0.1, 0.15) is 5.69 Å². The molecule has 1 aromatic heterocycles. The van der Waals surface area contributed by atoms with E-state index in [0.29, 0.717) is 18.8 Å². The van der Waals surface area contributed by atoms with E-state index in [9.17, 15) is 4.79 Å². The van der Waals surface area contributed by atoms with E-state index in [1.807, 2.05) is 11.0 Å². The van der Waals surface area contributed by atoms with Crippen LogP contribution in [0.2, 0.25) is 0 Å². The van der Waals surface area contributed by atoms with Crippen molar-refractivity contribution in [3.63, 3.8) is 0 Å². The lowest BCUT2D eigenvalue weighted by atomic mass is 10.1. The van der Waals surface area contributed by atoms with Gasteiger partial charge in [0.25, 0.3) is 5.91 Å². The Kier molecular flexibility index (Phi) is 3.85. The molecule has 2 fully saturated rings. The Labute approximate surface area is 135 Å². The molecule has 0 bridgehead atoms. The van der Waals surface area contributed by atoms with Crippen LogP contribution >= 0.6 is 0 Å². The highest BCUT2D eigenvalue weighted by Gasteiger charge is 2.42. The average molecular weight is 312 g/mol. The first kappa shape index (κ1) is 14.4. The van der Waals surface area contributed by atoms with Gasteiger partial charge in [-0.05, 0) is 11.6 Å². The summed E-state index contributed by atoms with van der Waals surface area (Å²) in [6, 6.07) is 12.4. The Morgan fingerprint density at radius 3 is 2.91 bits per heavy atom. The number of ether oxygens (including phenoxy) is 1. The summed E-state index contributed by atoms with van der Waals surface area (Å²) in [7, 11) is 0. The van der Waals surface area contributed by atoms with Crippen molar-refractivity contribution in [2.24, 2.45) is 0 Å². The number of hydrogen-bond donors (Lipinski definition) is 1. The van der Waals surface area contributed by atoms with E-state index in [1.165, 1.54) is 5.56 Å². The second-order valence-corrected chi connectivity index (χ2v) is 6.11. The van der Waals surface area contributed by atoms with Crippen molar-refractivity contribution in [2.75, 3.05) is 26.2 Å². The summed E-state index contributed by atoms with van der Waals surface area (Å²) in [5.41, 5.74) is 1.84. The molecular formula is C17H20N4O2. The highest BCUT2D eigenvalue weighted by molar-refractivity contribution is 5.92. The molecule has 2 aromatic rings. The molecule has 6 nitrogen and oxygen atoms in total. The van der Waals surface area contributed by atoms with Crippen molar-refractivity contribution in [3.05, 3.63) is 53.9 Å². The van der Waals surface area contributed by atoms with Crippen molar-refractivity contribution in [1.82, 2.24) is 20.0 Å². The molecule has 1 N–H and O–H groups in total. The fourth-order valence-electron chi connectivity index (χ4n) is 3.48. The van der Waals surface area contributed by atoms with E-state index in [0.717, 1.165) is 19.7 Å². The molecule has 6 heteroatoms. The van der Waals surface area contributed by atoms with Crippen molar-refractivity contribution >= 4 is 5.91 Å². The van der Waals surface area contributed by atoms with Gasteiger partial charge in [-0.1, -0.05) is 30.3 Å². The van der Waals surface area contributed by atoms with Crippen LogP contribution in [0.15, 0.2) is 42.6 Å². The zero-order valence-corrected chi connectivity index (χ0v) is 12.9. The highest BCUT2D eigenvalue weighted by Crippen LogP contribution is 2.25. The Bertz CT molecular complexity index is 658. The van der Waals surface area contributed by atoms with E-state index in [4.69, 9.17) is 4.74 Å². The van der Waals surface area contributed by atoms with Gasteiger partial charge < -0.3 is 9.64 Å². The SMILES string of the molecule is O=C(c1ccn[nH]1)N1C[C@@H]2OCCN(Cc3ccccc3)[C@@H]2C1. The number of fused-ring (bicyclic) bond motifs is 1. The van der Waals surface area contributed by atoms with Crippen LogP contribution < -0.4 is 0 Å². The summed E-state index contributed by atoms with van der Waals surface area (Å²) < 4.78 is 5.91. The number of aromatic amines is 1. The number of amides is 1. The minimum atomic E-state index is 0.000149. The van der Waals surface area contributed by atoms with Crippen LogP contribution in [-0.2, 0) is 11.3 Å². The summed E-state index contributed by atoms with van der Waals surface area (Å²) in [6.45, 7) is 3.88. The van der Waals surface area contributed by atoms with Gasteiger partial charge in [0.2, 0.25) is 0 Å². The van der Waals surface area contributed by atoms with Gasteiger partial charge in [-0.15, -0.1) is 0 Å². The van der Waals surface area contributed by atoms with Gasteiger partial charge in [-0.25, -0.2) is 0 Å². The Morgan fingerprint density at radius 2 is 2.13 bits per heavy atom. The molecule has 23 heavy (non-hydrogen) atoms. The van der Waals surface area contributed by atoms with Gasteiger partial charge >= 0.3 is 0 Å². The summed E-state index contributed by atoms with van der Waals surface area (Å²) >= 11 is 0. The summed E-state index contributed by atoms with van der Waals surface area (Å²) in [5, 5.41) is 6.61. The first-order valence-electron chi connectivity index (χ1n) is 7.99. The van der Waals surface area contributed by atoms with E-state index >= 15 is 0 Å². The molecule has 120 valence electrons. The first-order chi connectivity index (χ1) is 11.3. The number of morpholine rings is 1. The topological polar surface area (TPSA) is 61.5 Å². The smallest absolute Gasteiger partial charge is 0.272 e. The van der Waals surface area contributed by atoms with Crippen molar-refractivity contribution in [3.8, 4) is 0 Å². The lowest BCUT2D eigenvalue weighted by Crippen LogP contribution is -2.50. The number of likely N-dealkylation sites (tertiary alicyclic amines) is 1. The number of H-pyrrole nitrogens is 1. The third-order valence-electron chi connectivity index (χ3n) is 4.66. The van der Waals surface area contributed by atoms with E-state index in [-0.39, 0.29) is 18.1 Å². The number of nitrogens with one attached hydrogen (secondary N) is 1. The lowest BCUT2D eigenvalue weighted by molar-refractivity contribution is -0.0503. The number of hydrogen-bond acceptors (Lipinski definition) is 4. The van der Waals surface area contributed by atoms with Crippen LogP contribution in [0, 0.1) is 0 Å². The van der Waals surface area contributed by atoms with Crippen LogP contribution in [-0.4, -0.2) is 64.3 Å². The molecule has 1 amide bonds. The summed E-state index contributed by atoms with van der Waals surface area (Å²) in [4.78, 5) is 16.8. The lowest BCUT2D eigenvalue weighted by Gasteiger charge is -2.36. The predicted octanol–water partition coefficient (Wildman–Crippen LogP) is 1.14. The maximum atomic E-state index is 12.5. The summed E-state index contributed by atoms with van der Waals surface area (Å²) in [6.07, 6.45) is 1.70. The van der Waals surface area contributed by atoms with Crippen LogP contribution in [0.1, 0.15) is 16.1 Å². The first-order valence-corrected chi connectivity index (χ1v) is 7.99. The standard InChI is InChI=1S/C17H20N4O2/c22-17(14-6-7-18-19-14)21-11-15-16(12-21)23-9-8-20(15)10-13-4-2-1-3-5-13/h1-7,15-16H,8-12H2,(H,18,19)/t15-,16+/m1/s1. The van der Waals surface area contributed by atoms with E-state index in [2.05, 4.69) is 39.4 Å². The summed E-state index contributed by atoms with van der Waals surface area (Å²) in [5.74, 6) is 0.000149.